The molecule has 198 valence electrons. The Balaban J connectivity index is 1.87. The van der Waals surface area contributed by atoms with E-state index in [0.29, 0.717) is 0 Å². The standard InChI is InChI=1S/C25H29N3O9/c1-13(2)23(31)37-21-14(3)36-25(33)17(28-22(30)19-20(29)18(34-4)7-10-27-19)12-35-24(32)16(21)11-15-5-8-26-9-6-15/h5-10,13-14,16-17,21,29H,11-12H2,1-4H3,(H,28,30)/t14-,16+,17-,21-/m0/s1. The molecular formula is C25H29N3O9. The Morgan fingerprint density at radius 2 is 1.86 bits per heavy atom. The van der Waals surface area contributed by atoms with Gasteiger partial charge in [0.1, 0.15) is 18.6 Å². The van der Waals surface area contributed by atoms with Gasteiger partial charge in [-0.1, -0.05) is 13.8 Å². The van der Waals surface area contributed by atoms with Gasteiger partial charge in [0, 0.05) is 24.7 Å². The second-order valence-corrected chi connectivity index (χ2v) is 8.73. The summed E-state index contributed by atoms with van der Waals surface area (Å²) in [5, 5.41) is 12.6. The molecule has 0 bridgehead atoms. The van der Waals surface area contributed by atoms with Crippen LogP contribution in [0.15, 0.2) is 36.8 Å². The Morgan fingerprint density at radius 1 is 1.16 bits per heavy atom. The quantitative estimate of drug-likeness (QED) is 0.402. The first-order valence-electron chi connectivity index (χ1n) is 11.6. The van der Waals surface area contributed by atoms with Gasteiger partial charge < -0.3 is 29.4 Å². The molecule has 0 aliphatic carbocycles. The van der Waals surface area contributed by atoms with Crippen molar-refractivity contribution in [3.8, 4) is 11.5 Å². The molecule has 0 radical (unpaired) electrons. The van der Waals surface area contributed by atoms with Gasteiger partial charge in [-0.05, 0) is 31.0 Å². The molecule has 0 unspecified atom stereocenters. The molecule has 2 aromatic heterocycles. The number of cyclic esters (lactones) is 2. The predicted octanol–water partition coefficient (Wildman–Crippen LogP) is 1.20. The van der Waals surface area contributed by atoms with Crippen LogP contribution in [0.4, 0.5) is 0 Å². The fraction of sp³-hybridized carbons (Fsp3) is 0.440. The number of aromatic nitrogens is 2. The minimum atomic E-state index is -1.42. The second-order valence-electron chi connectivity index (χ2n) is 8.73. The molecular weight excluding hydrogens is 486 g/mol. The van der Waals surface area contributed by atoms with Crippen LogP contribution < -0.4 is 10.1 Å². The van der Waals surface area contributed by atoms with Gasteiger partial charge >= 0.3 is 17.9 Å². The van der Waals surface area contributed by atoms with E-state index in [1.54, 1.807) is 38.4 Å². The van der Waals surface area contributed by atoms with Crippen molar-refractivity contribution in [2.75, 3.05) is 13.7 Å². The van der Waals surface area contributed by atoms with E-state index in [9.17, 15) is 24.3 Å². The van der Waals surface area contributed by atoms with E-state index in [0.717, 1.165) is 5.56 Å². The van der Waals surface area contributed by atoms with Crippen LogP contribution in [0.5, 0.6) is 11.5 Å². The molecule has 12 heteroatoms. The van der Waals surface area contributed by atoms with Crippen LogP contribution in [-0.4, -0.2) is 70.9 Å². The average molecular weight is 516 g/mol. The summed E-state index contributed by atoms with van der Waals surface area (Å²) in [4.78, 5) is 59.2. The molecule has 0 saturated carbocycles. The zero-order valence-electron chi connectivity index (χ0n) is 20.9. The molecule has 0 aromatic carbocycles. The number of hydrogen-bond acceptors (Lipinski definition) is 11. The summed E-state index contributed by atoms with van der Waals surface area (Å²) in [6, 6.07) is 3.33. The Hall–Kier alpha value is -4.22. The smallest absolute Gasteiger partial charge is 0.332 e. The number of aromatic hydroxyl groups is 1. The number of nitrogens with one attached hydrogen (secondary N) is 1. The lowest BCUT2D eigenvalue weighted by molar-refractivity contribution is -0.176. The fourth-order valence-corrected chi connectivity index (χ4v) is 3.65. The first-order chi connectivity index (χ1) is 17.6. The minimum absolute atomic E-state index is 0.00556. The third-order valence-corrected chi connectivity index (χ3v) is 5.70. The number of nitrogens with zero attached hydrogens (tertiary/aromatic N) is 2. The third kappa shape index (κ3) is 6.72. The first kappa shape index (κ1) is 27.4. The number of esters is 3. The molecule has 3 rings (SSSR count). The first-order valence-corrected chi connectivity index (χ1v) is 11.6. The SMILES string of the molecule is COc1ccnc(C(=O)N[C@H]2COC(=O)[C@H](Cc3ccncc3)[C@@H](OC(=O)C(C)C)[C@H](C)OC2=O)c1O. The maximum atomic E-state index is 13.2. The van der Waals surface area contributed by atoms with Gasteiger partial charge in [-0.3, -0.25) is 19.4 Å². The molecule has 1 saturated heterocycles. The highest BCUT2D eigenvalue weighted by atomic mass is 16.6. The molecule has 37 heavy (non-hydrogen) atoms. The summed E-state index contributed by atoms with van der Waals surface area (Å²) < 4.78 is 21.5. The number of pyridine rings is 2. The average Bonchev–Trinajstić information content (AvgIpc) is 2.91. The molecule has 1 amide bonds. The Morgan fingerprint density at radius 3 is 2.51 bits per heavy atom. The van der Waals surface area contributed by atoms with Gasteiger partial charge in [0.2, 0.25) is 0 Å². The van der Waals surface area contributed by atoms with Crippen LogP contribution in [0.2, 0.25) is 0 Å². The number of methoxy groups -OCH3 is 1. The number of carbonyl (C=O) groups excluding carboxylic acids is 4. The molecule has 2 N–H and O–H groups in total. The van der Waals surface area contributed by atoms with Gasteiger partial charge in [0.05, 0.1) is 13.0 Å². The normalized spacial score (nSPS) is 22.1. The van der Waals surface area contributed by atoms with Crippen molar-refractivity contribution in [2.45, 2.75) is 45.4 Å². The van der Waals surface area contributed by atoms with Crippen LogP contribution in [-0.2, 0) is 35.0 Å². The number of rotatable bonds is 7. The number of ether oxygens (including phenoxy) is 4. The largest absolute Gasteiger partial charge is 0.503 e. The van der Waals surface area contributed by atoms with E-state index in [1.807, 2.05) is 0 Å². The number of hydrogen-bond donors (Lipinski definition) is 2. The molecule has 3 heterocycles. The van der Waals surface area contributed by atoms with Gasteiger partial charge in [-0.25, -0.2) is 9.78 Å². The van der Waals surface area contributed by atoms with Gasteiger partial charge in [-0.2, -0.15) is 0 Å². The van der Waals surface area contributed by atoms with Gasteiger partial charge in [0.25, 0.3) is 5.91 Å². The van der Waals surface area contributed by atoms with Crippen molar-refractivity contribution in [1.82, 2.24) is 15.3 Å². The molecule has 1 aliphatic heterocycles. The Bertz CT molecular complexity index is 1140. The van der Waals surface area contributed by atoms with Crippen molar-refractivity contribution in [2.24, 2.45) is 11.8 Å². The molecule has 0 spiro atoms. The van der Waals surface area contributed by atoms with E-state index in [2.05, 4.69) is 15.3 Å². The molecule has 1 fully saturated rings. The van der Waals surface area contributed by atoms with Gasteiger partial charge in [0.15, 0.2) is 29.3 Å². The van der Waals surface area contributed by atoms with E-state index in [4.69, 9.17) is 18.9 Å². The van der Waals surface area contributed by atoms with Crippen LogP contribution in [0.1, 0.15) is 36.8 Å². The molecule has 2 aromatic rings. The molecule has 12 nitrogen and oxygen atoms in total. The zero-order chi connectivity index (χ0) is 27.1. The summed E-state index contributed by atoms with van der Waals surface area (Å²) >= 11 is 0. The van der Waals surface area contributed by atoms with E-state index < -0.39 is 72.0 Å². The summed E-state index contributed by atoms with van der Waals surface area (Å²) in [5.41, 5.74) is 0.329. The van der Waals surface area contributed by atoms with Crippen LogP contribution >= 0.6 is 0 Å². The Kier molecular flexibility index (Phi) is 8.99. The minimum Gasteiger partial charge on any atom is -0.503 e. The maximum absolute atomic E-state index is 13.2. The lowest BCUT2D eigenvalue weighted by Gasteiger charge is -2.29. The van der Waals surface area contributed by atoms with E-state index in [-0.39, 0.29) is 12.2 Å². The van der Waals surface area contributed by atoms with Crippen LogP contribution in [0.25, 0.3) is 0 Å². The lowest BCUT2D eigenvalue weighted by atomic mass is 9.91. The third-order valence-electron chi connectivity index (χ3n) is 5.70. The predicted molar refractivity (Wildman–Crippen MR) is 126 cm³/mol. The van der Waals surface area contributed by atoms with Crippen LogP contribution in [0, 0.1) is 11.8 Å². The molecule has 1 aliphatic rings. The monoisotopic (exact) mass is 515 g/mol. The van der Waals surface area contributed by atoms with Crippen molar-refractivity contribution < 1.29 is 43.2 Å². The van der Waals surface area contributed by atoms with E-state index >= 15 is 0 Å². The van der Waals surface area contributed by atoms with Crippen molar-refractivity contribution in [3.63, 3.8) is 0 Å². The van der Waals surface area contributed by atoms with E-state index in [1.165, 1.54) is 26.3 Å². The molecule has 4 atom stereocenters. The Labute approximate surface area is 213 Å². The number of carbonyl (C=O) groups is 4. The maximum Gasteiger partial charge on any atom is 0.332 e. The summed E-state index contributed by atoms with van der Waals surface area (Å²) in [5.74, 6) is -5.19. The van der Waals surface area contributed by atoms with Crippen molar-refractivity contribution >= 4 is 23.8 Å². The highest BCUT2D eigenvalue weighted by molar-refractivity contribution is 5.98. The summed E-state index contributed by atoms with van der Waals surface area (Å²) in [7, 11) is 1.30. The topological polar surface area (TPSA) is 163 Å². The van der Waals surface area contributed by atoms with Crippen molar-refractivity contribution in [1.29, 1.82) is 0 Å². The second kappa shape index (κ2) is 12.2. The fourth-order valence-electron chi connectivity index (χ4n) is 3.65. The summed E-state index contributed by atoms with van der Waals surface area (Å²) in [6.45, 7) is 4.21. The number of amides is 1. The summed E-state index contributed by atoms with van der Waals surface area (Å²) in [6.07, 6.45) is 2.27. The highest BCUT2D eigenvalue weighted by Crippen LogP contribution is 2.28. The van der Waals surface area contributed by atoms with Crippen LogP contribution in [0.3, 0.4) is 0 Å². The highest BCUT2D eigenvalue weighted by Gasteiger charge is 2.42. The zero-order valence-corrected chi connectivity index (χ0v) is 20.9. The lowest BCUT2D eigenvalue weighted by Crippen LogP contribution is -2.47. The van der Waals surface area contributed by atoms with Gasteiger partial charge in [-0.15, -0.1) is 0 Å². The van der Waals surface area contributed by atoms with Crippen molar-refractivity contribution in [3.05, 3.63) is 48.0 Å².